The molecule has 0 saturated carbocycles. The molecule has 1 amide bonds. The van der Waals surface area contributed by atoms with Gasteiger partial charge in [-0.2, -0.15) is 0 Å². The molecule has 24 heavy (non-hydrogen) atoms. The van der Waals surface area contributed by atoms with Gasteiger partial charge in [-0.15, -0.1) is 0 Å². The molecule has 2 N–H and O–H groups in total. The van der Waals surface area contributed by atoms with Crippen LogP contribution in [0, 0.1) is 0 Å². The predicted octanol–water partition coefficient (Wildman–Crippen LogP) is 1.11. The molecule has 2 aliphatic heterocycles. The first-order valence-electron chi connectivity index (χ1n) is 8.36. The fourth-order valence-electron chi connectivity index (χ4n) is 3.70. The van der Waals surface area contributed by atoms with Crippen LogP contribution < -0.4 is 19.7 Å². The van der Waals surface area contributed by atoms with Crippen molar-refractivity contribution in [3.63, 3.8) is 0 Å². The van der Waals surface area contributed by atoms with Crippen molar-refractivity contribution < 1.29 is 19.2 Å². The van der Waals surface area contributed by atoms with Gasteiger partial charge in [-0.3, -0.25) is 4.79 Å². The van der Waals surface area contributed by atoms with Crippen molar-refractivity contribution in [2.24, 2.45) is 7.05 Å². The minimum absolute atomic E-state index is 0.0324. The second kappa shape index (κ2) is 6.20. The van der Waals surface area contributed by atoms with E-state index in [0.29, 0.717) is 18.3 Å². The van der Waals surface area contributed by atoms with Gasteiger partial charge >= 0.3 is 0 Å². The molecule has 2 aromatic rings. The smallest absolute Gasteiger partial charge is 0.279 e. The van der Waals surface area contributed by atoms with Crippen LogP contribution in [0.5, 0.6) is 11.5 Å². The number of nitrogens with zero attached hydrogens (tertiary/aromatic N) is 1. The Morgan fingerprint density at radius 3 is 3.04 bits per heavy atom. The summed E-state index contributed by atoms with van der Waals surface area (Å²) in [7, 11) is 2.07. The molecule has 2 aliphatic rings. The van der Waals surface area contributed by atoms with Crippen LogP contribution in [0.3, 0.4) is 0 Å². The molecular formula is C18H22N3O3+. The Morgan fingerprint density at radius 2 is 2.21 bits per heavy atom. The predicted molar refractivity (Wildman–Crippen MR) is 89.3 cm³/mol. The highest BCUT2D eigenvalue weighted by Crippen LogP contribution is 2.34. The van der Waals surface area contributed by atoms with E-state index in [1.165, 1.54) is 10.6 Å². The molecule has 1 aromatic heterocycles. The van der Waals surface area contributed by atoms with E-state index >= 15 is 0 Å². The molecule has 0 radical (unpaired) electrons. The molecule has 0 aliphatic carbocycles. The summed E-state index contributed by atoms with van der Waals surface area (Å²) in [6.45, 7) is 1.75. The average molecular weight is 328 g/mol. The van der Waals surface area contributed by atoms with Gasteiger partial charge in [-0.05, 0) is 24.3 Å². The second-order valence-electron chi connectivity index (χ2n) is 6.44. The molecular weight excluding hydrogens is 306 g/mol. The Labute approximate surface area is 141 Å². The van der Waals surface area contributed by atoms with Crippen molar-refractivity contribution in [2.45, 2.75) is 18.9 Å². The zero-order valence-corrected chi connectivity index (χ0v) is 13.7. The summed E-state index contributed by atoms with van der Waals surface area (Å²) in [5.41, 5.74) is 2.05. The van der Waals surface area contributed by atoms with E-state index in [-0.39, 0.29) is 12.7 Å². The van der Waals surface area contributed by atoms with E-state index in [4.69, 9.17) is 9.47 Å². The Hall–Kier alpha value is -2.47. The van der Waals surface area contributed by atoms with Gasteiger partial charge in [0.05, 0.1) is 12.2 Å². The Bertz CT molecular complexity index is 756. The van der Waals surface area contributed by atoms with E-state index in [9.17, 15) is 4.79 Å². The second-order valence-corrected chi connectivity index (χ2v) is 6.44. The number of likely N-dealkylation sites (tertiary alicyclic amines) is 1. The highest BCUT2D eigenvalue weighted by molar-refractivity contribution is 5.91. The summed E-state index contributed by atoms with van der Waals surface area (Å²) < 4.78 is 12.8. The molecule has 4 rings (SSSR count). The third-order valence-electron chi connectivity index (χ3n) is 4.87. The van der Waals surface area contributed by atoms with Crippen molar-refractivity contribution in [1.82, 2.24) is 4.57 Å². The number of hydrogen-bond donors (Lipinski definition) is 2. The first-order valence-corrected chi connectivity index (χ1v) is 8.36. The number of aromatic nitrogens is 1. The lowest BCUT2D eigenvalue weighted by Crippen LogP contribution is -3.11. The molecule has 6 nitrogen and oxygen atoms in total. The van der Waals surface area contributed by atoms with Gasteiger partial charge in [0, 0.05) is 37.8 Å². The van der Waals surface area contributed by atoms with Gasteiger partial charge in [0.15, 0.2) is 18.0 Å². The average Bonchev–Trinajstić information content (AvgIpc) is 3.27. The number of rotatable bonds is 4. The lowest BCUT2D eigenvalue weighted by atomic mass is 10.1. The molecule has 6 heteroatoms. The number of quaternary nitrogens is 1. The highest BCUT2D eigenvalue weighted by atomic mass is 16.7. The number of carbonyl (C=O) groups excluding carboxylic acids is 1. The van der Waals surface area contributed by atoms with Crippen LogP contribution in [-0.2, 0) is 11.8 Å². The maximum atomic E-state index is 12.5. The van der Waals surface area contributed by atoms with Crippen LogP contribution >= 0.6 is 0 Å². The minimum Gasteiger partial charge on any atom is -0.454 e. The van der Waals surface area contributed by atoms with Crippen LogP contribution in [0.1, 0.15) is 24.6 Å². The van der Waals surface area contributed by atoms with Crippen LogP contribution in [-0.4, -0.2) is 30.4 Å². The van der Waals surface area contributed by atoms with E-state index in [1.807, 2.05) is 18.2 Å². The number of hydrogen-bond acceptors (Lipinski definition) is 3. The van der Waals surface area contributed by atoms with Crippen LogP contribution in [0.25, 0.3) is 0 Å². The normalized spacial score (nSPS) is 21.9. The van der Waals surface area contributed by atoms with Crippen molar-refractivity contribution >= 4 is 11.6 Å². The molecule has 1 unspecified atom stereocenters. The van der Waals surface area contributed by atoms with Gasteiger partial charge in [-0.1, -0.05) is 0 Å². The maximum Gasteiger partial charge on any atom is 0.279 e. The van der Waals surface area contributed by atoms with Gasteiger partial charge in [0.25, 0.3) is 5.91 Å². The van der Waals surface area contributed by atoms with Crippen molar-refractivity contribution in [3.8, 4) is 11.5 Å². The molecule has 1 aromatic carbocycles. The summed E-state index contributed by atoms with van der Waals surface area (Å²) in [6.07, 6.45) is 4.35. The quantitative estimate of drug-likeness (QED) is 0.884. The molecule has 2 atom stereocenters. The number of fused-ring (bicyclic) bond motifs is 1. The van der Waals surface area contributed by atoms with Gasteiger partial charge in [-0.25, -0.2) is 0 Å². The SMILES string of the molecule is Cn1cccc1[C@@H]1CCC[NH+]1CC(=O)Nc1ccc2c(c1)OCO2. The van der Waals surface area contributed by atoms with Gasteiger partial charge < -0.3 is 24.3 Å². The van der Waals surface area contributed by atoms with Crippen molar-refractivity contribution in [1.29, 1.82) is 0 Å². The van der Waals surface area contributed by atoms with E-state index in [1.54, 1.807) is 0 Å². The first kappa shape index (κ1) is 15.1. The minimum atomic E-state index is 0.0324. The molecule has 0 bridgehead atoms. The first-order chi connectivity index (χ1) is 11.7. The Kier molecular flexibility index (Phi) is 3.90. The zero-order valence-electron chi connectivity index (χ0n) is 13.7. The number of benzene rings is 1. The lowest BCUT2D eigenvalue weighted by Gasteiger charge is -2.21. The summed E-state index contributed by atoms with van der Waals surface area (Å²) >= 11 is 0. The van der Waals surface area contributed by atoms with E-state index < -0.39 is 0 Å². The number of anilines is 1. The molecule has 1 fully saturated rings. The monoisotopic (exact) mass is 328 g/mol. The lowest BCUT2D eigenvalue weighted by molar-refractivity contribution is -0.910. The number of aryl methyl sites for hydroxylation is 1. The Balaban J connectivity index is 1.41. The molecule has 126 valence electrons. The zero-order chi connectivity index (χ0) is 16.5. The molecule has 3 heterocycles. The van der Waals surface area contributed by atoms with Gasteiger partial charge in [0.1, 0.15) is 6.04 Å². The number of nitrogens with one attached hydrogen (secondary N) is 2. The summed E-state index contributed by atoms with van der Waals surface area (Å²) in [6, 6.07) is 10.1. The maximum absolute atomic E-state index is 12.5. The van der Waals surface area contributed by atoms with Crippen LogP contribution in [0.4, 0.5) is 5.69 Å². The fourth-order valence-corrected chi connectivity index (χ4v) is 3.70. The number of ether oxygens (including phenoxy) is 2. The topological polar surface area (TPSA) is 56.9 Å². The standard InChI is InChI=1S/C18H21N3O3/c1-20-8-2-4-14(20)15-5-3-9-21(15)11-18(22)19-13-6-7-16-17(10-13)24-12-23-16/h2,4,6-8,10,15H,3,5,9,11-12H2,1H3,(H,19,22)/p+1/t15-/m0/s1. The van der Waals surface area contributed by atoms with Crippen LogP contribution in [0.15, 0.2) is 36.5 Å². The third kappa shape index (κ3) is 2.85. The summed E-state index contributed by atoms with van der Waals surface area (Å²) in [4.78, 5) is 13.8. The largest absolute Gasteiger partial charge is 0.454 e. The third-order valence-corrected chi connectivity index (χ3v) is 4.87. The fraction of sp³-hybridized carbons (Fsp3) is 0.389. The number of carbonyl (C=O) groups is 1. The summed E-state index contributed by atoms with van der Waals surface area (Å²) in [5, 5.41) is 2.98. The van der Waals surface area contributed by atoms with Crippen molar-refractivity contribution in [3.05, 3.63) is 42.2 Å². The van der Waals surface area contributed by atoms with Crippen molar-refractivity contribution in [2.75, 3.05) is 25.2 Å². The number of amides is 1. The summed E-state index contributed by atoms with van der Waals surface area (Å²) in [5.74, 6) is 1.44. The Morgan fingerprint density at radius 1 is 1.33 bits per heavy atom. The highest BCUT2D eigenvalue weighted by Gasteiger charge is 2.33. The molecule has 1 saturated heterocycles. The van der Waals surface area contributed by atoms with E-state index in [2.05, 4.69) is 35.3 Å². The molecule has 0 spiro atoms. The van der Waals surface area contributed by atoms with Crippen LogP contribution in [0.2, 0.25) is 0 Å². The van der Waals surface area contributed by atoms with Gasteiger partial charge in [0.2, 0.25) is 6.79 Å². The van der Waals surface area contributed by atoms with E-state index in [0.717, 1.165) is 30.8 Å².